The highest BCUT2D eigenvalue weighted by molar-refractivity contribution is 5.80. The summed E-state index contributed by atoms with van der Waals surface area (Å²) < 4.78 is 5.75. The van der Waals surface area contributed by atoms with Crippen LogP contribution in [0.5, 0.6) is 0 Å². The number of nitrogens with one attached hydrogen (secondary N) is 1. The van der Waals surface area contributed by atoms with Crippen LogP contribution in [0.3, 0.4) is 0 Å². The molecule has 0 spiro atoms. The fourth-order valence-electron chi connectivity index (χ4n) is 3.65. The molecular weight excluding hydrogens is 268 g/mol. The molecule has 21 heavy (non-hydrogen) atoms. The first-order chi connectivity index (χ1) is 10.1. The van der Waals surface area contributed by atoms with Gasteiger partial charge in [-0.2, -0.15) is 0 Å². The number of hydrogen-bond acceptors (Lipinski definition) is 4. The van der Waals surface area contributed by atoms with Gasteiger partial charge in [-0.15, -0.1) is 0 Å². The van der Waals surface area contributed by atoms with E-state index >= 15 is 0 Å². The zero-order valence-electron chi connectivity index (χ0n) is 13.0. The lowest BCUT2D eigenvalue weighted by molar-refractivity contribution is -0.147. The third kappa shape index (κ3) is 3.58. The number of hydrogen-bond donors (Lipinski definition) is 2. The molecule has 3 fully saturated rings. The van der Waals surface area contributed by atoms with Crippen LogP contribution in [0, 0.1) is 5.92 Å². The van der Waals surface area contributed by atoms with Gasteiger partial charge < -0.3 is 9.84 Å². The Labute approximate surface area is 127 Å². The SMILES string of the molecule is CCOC1CCCN(CC(NC2CC2)(C(=O)O)C2CC2)C1. The fraction of sp³-hybridized carbons (Fsp3) is 0.938. The van der Waals surface area contributed by atoms with Crippen molar-refractivity contribution < 1.29 is 14.6 Å². The van der Waals surface area contributed by atoms with Gasteiger partial charge in [0.25, 0.3) is 0 Å². The van der Waals surface area contributed by atoms with E-state index < -0.39 is 11.5 Å². The van der Waals surface area contributed by atoms with E-state index in [1.54, 1.807) is 0 Å². The van der Waals surface area contributed by atoms with Crippen LogP contribution in [0.25, 0.3) is 0 Å². The molecule has 2 atom stereocenters. The fourth-order valence-corrected chi connectivity index (χ4v) is 3.65. The minimum Gasteiger partial charge on any atom is -0.480 e. The first-order valence-corrected chi connectivity index (χ1v) is 8.49. The number of carboxylic acid groups (broad SMARTS) is 1. The van der Waals surface area contributed by atoms with Gasteiger partial charge in [-0.25, -0.2) is 0 Å². The van der Waals surface area contributed by atoms with Gasteiger partial charge in [0.15, 0.2) is 0 Å². The number of ether oxygens (including phenoxy) is 1. The van der Waals surface area contributed by atoms with Crippen molar-refractivity contribution in [2.75, 3.05) is 26.2 Å². The maximum atomic E-state index is 12.0. The molecule has 0 aromatic heterocycles. The first kappa shape index (κ1) is 15.3. The number of carboxylic acids is 1. The third-order valence-electron chi connectivity index (χ3n) is 5.03. The molecule has 1 saturated heterocycles. The van der Waals surface area contributed by atoms with Crippen LogP contribution < -0.4 is 5.32 Å². The molecule has 2 unspecified atom stereocenters. The largest absolute Gasteiger partial charge is 0.480 e. The second kappa shape index (κ2) is 6.23. The van der Waals surface area contributed by atoms with Crippen molar-refractivity contribution >= 4 is 5.97 Å². The monoisotopic (exact) mass is 296 g/mol. The van der Waals surface area contributed by atoms with Gasteiger partial charge >= 0.3 is 5.97 Å². The van der Waals surface area contributed by atoms with E-state index in [1.807, 2.05) is 6.92 Å². The van der Waals surface area contributed by atoms with Crippen LogP contribution in [-0.4, -0.2) is 59.9 Å². The zero-order chi connectivity index (χ0) is 14.9. The topological polar surface area (TPSA) is 61.8 Å². The van der Waals surface area contributed by atoms with Crippen molar-refractivity contribution in [1.29, 1.82) is 0 Å². The van der Waals surface area contributed by atoms with Gasteiger partial charge in [-0.3, -0.25) is 15.0 Å². The highest BCUT2D eigenvalue weighted by atomic mass is 16.5. The van der Waals surface area contributed by atoms with Crippen LogP contribution in [-0.2, 0) is 9.53 Å². The summed E-state index contributed by atoms with van der Waals surface area (Å²) in [6.07, 6.45) is 6.84. The lowest BCUT2D eigenvalue weighted by atomic mass is 9.91. The smallest absolute Gasteiger partial charge is 0.325 e. The summed E-state index contributed by atoms with van der Waals surface area (Å²) in [6, 6.07) is 0.425. The molecule has 5 nitrogen and oxygen atoms in total. The van der Waals surface area contributed by atoms with Crippen molar-refractivity contribution in [2.45, 2.75) is 63.1 Å². The Balaban J connectivity index is 1.66. The lowest BCUT2D eigenvalue weighted by Gasteiger charge is -2.40. The van der Waals surface area contributed by atoms with Crippen molar-refractivity contribution in [3.05, 3.63) is 0 Å². The normalized spacial score (nSPS) is 30.0. The minimum atomic E-state index is -0.727. The maximum Gasteiger partial charge on any atom is 0.325 e. The molecule has 1 heterocycles. The molecule has 3 aliphatic rings. The molecule has 120 valence electrons. The average Bonchev–Trinajstić information content (AvgIpc) is 3.32. The molecule has 5 heteroatoms. The van der Waals surface area contributed by atoms with Crippen molar-refractivity contribution in [2.24, 2.45) is 5.92 Å². The van der Waals surface area contributed by atoms with Crippen LogP contribution in [0.2, 0.25) is 0 Å². The van der Waals surface area contributed by atoms with Gasteiger partial charge in [-0.05, 0) is 57.9 Å². The molecule has 0 amide bonds. The predicted molar refractivity (Wildman–Crippen MR) is 80.3 cm³/mol. The van der Waals surface area contributed by atoms with E-state index in [0.717, 1.165) is 58.2 Å². The van der Waals surface area contributed by atoms with Crippen molar-refractivity contribution in [1.82, 2.24) is 10.2 Å². The Morgan fingerprint density at radius 3 is 2.67 bits per heavy atom. The molecule has 2 saturated carbocycles. The quantitative estimate of drug-likeness (QED) is 0.710. The summed E-state index contributed by atoms with van der Waals surface area (Å²) in [6.45, 7) is 5.28. The Hall–Kier alpha value is -0.650. The second-order valence-corrected chi connectivity index (χ2v) is 6.92. The molecule has 3 rings (SSSR count). The number of nitrogens with zero attached hydrogens (tertiary/aromatic N) is 1. The molecule has 2 N–H and O–H groups in total. The molecule has 0 bridgehead atoms. The summed E-state index contributed by atoms with van der Waals surface area (Å²) in [5, 5.41) is 13.4. The van der Waals surface area contributed by atoms with E-state index in [2.05, 4.69) is 10.2 Å². The first-order valence-electron chi connectivity index (χ1n) is 8.49. The number of carbonyl (C=O) groups is 1. The van der Waals surface area contributed by atoms with E-state index in [4.69, 9.17) is 4.74 Å². The van der Waals surface area contributed by atoms with Crippen LogP contribution >= 0.6 is 0 Å². The van der Waals surface area contributed by atoms with Crippen molar-refractivity contribution in [3.8, 4) is 0 Å². The van der Waals surface area contributed by atoms with Gasteiger partial charge in [0.1, 0.15) is 5.54 Å². The zero-order valence-corrected chi connectivity index (χ0v) is 13.0. The standard InChI is InChI=1S/C16H28N2O3/c1-2-21-14-4-3-9-18(10-14)11-16(15(19)20,12-5-6-12)17-13-7-8-13/h12-14,17H,2-11H2,1H3,(H,19,20). The summed E-state index contributed by atoms with van der Waals surface area (Å²) in [5.41, 5.74) is -0.727. The molecule has 0 aromatic carbocycles. The van der Waals surface area contributed by atoms with Crippen LogP contribution in [0.4, 0.5) is 0 Å². The lowest BCUT2D eigenvalue weighted by Crippen LogP contribution is -2.62. The third-order valence-corrected chi connectivity index (χ3v) is 5.03. The number of rotatable bonds is 8. The number of piperidine rings is 1. The van der Waals surface area contributed by atoms with E-state index in [9.17, 15) is 9.90 Å². The van der Waals surface area contributed by atoms with Gasteiger partial charge in [0.2, 0.25) is 0 Å². The second-order valence-electron chi connectivity index (χ2n) is 6.92. The van der Waals surface area contributed by atoms with E-state index in [1.165, 1.54) is 0 Å². The highest BCUT2D eigenvalue weighted by Gasteiger charge is 2.54. The van der Waals surface area contributed by atoms with E-state index in [-0.39, 0.29) is 6.10 Å². The molecule has 2 aliphatic carbocycles. The number of likely N-dealkylation sites (tertiary alicyclic amines) is 1. The number of aliphatic carboxylic acids is 1. The Bertz CT molecular complexity index is 380. The maximum absolute atomic E-state index is 12.0. The Kier molecular flexibility index (Phi) is 4.52. The molecule has 0 radical (unpaired) electrons. The minimum absolute atomic E-state index is 0.273. The highest BCUT2D eigenvalue weighted by Crippen LogP contribution is 2.42. The van der Waals surface area contributed by atoms with Crippen LogP contribution in [0.1, 0.15) is 45.4 Å². The van der Waals surface area contributed by atoms with E-state index in [0.29, 0.717) is 18.5 Å². The van der Waals surface area contributed by atoms with Gasteiger partial charge in [-0.1, -0.05) is 0 Å². The molecular formula is C16H28N2O3. The summed E-state index contributed by atoms with van der Waals surface area (Å²) in [4.78, 5) is 14.3. The summed E-state index contributed by atoms with van der Waals surface area (Å²) in [5.74, 6) is -0.349. The van der Waals surface area contributed by atoms with Crippen molar-refractivity contribution in [3.63, 3.8) is 0 Å². The summed E-state index contributed by atoms with van der Waals surface area (Å²) in [7, 11) is 0. The van der Waals surface area contributed by atoms with Gasteiger partial charge in [0.05, 0.1) is 6.10 Å². The molecule has 0 aromatic rings. The Morgan fingerprint density at radius 2 is 2.10 bits per heavy atom. The Morgan fingerprint density at radius 1 is 1.33 bits per heavy atom. The summed E-state index contributed by atoms with van der Waals surface area (Å²) >= 11 is 0. The predicted octanol–water partition coefficient (Wildman–Crippen LogP) is 1.47. The molecule has 1 aliphatic heterocycles. The van der Waals surface area contributed by atoms with Crippen LogP contribution in [0.15, 0.2) is 0 Å². The van der Waals surface area contributed by atoms with Gasteiger partial charge in [0, 0.05) is 25.7 Å². The average molecular weight is 296 g/mol.